The molecule has 0 saturated heterocycles. The SMILES string of the molecule is COC(=O)[C@@H]1COC(/C=C2\CC[C@H]3[C@@H]4CC=C5C[C@@H](O)CC[C@]5(C)[C@H]4CC[C@]23C)=N1. The number of allylic oxidation sites excluding steroid dienone is 2. The van der Waals surface area contributed by atoms with E-state index in [4.69, 9.17) is 9.47 Å². The molecule has 1 heterocycles. The number of ether oxygens (including phenoxy) is 2. The summed E-state index contributed by atoms with van der Waals surface area (Å²) in [6.07, 6.45) is 13.4. The number of hydrogen-bond acceptors (Lipinski definition) is 5. The second kappa shape index (κ2) is 7.22. The number of aliphatic hydroxyl groups is 1. The molecule has 5 heteroatoms. The second-order valence-electron chi connectivity index (χ2n) is 10.6. The molecule has 5 rings (SSSR count). The number of rotatable bonds is 2. The molecular weight excluding hydrogens is 378 g/mol. The van der Waals surface area contributed by atoms with Gasteiger partial charge in [0, 0.05) is 0 Å². The molecule has 5 nitrogen and oxygen atoms in total. The Morgan fingerprint density at radius 1 is 1.23 bits per heavy atom. The van der Waals surface area contributed by atoms with Gasteiger partial charge in [-0.3, -0.25) is 0 Å². The van der Waals surface area contributed by atoms with Crippen LogP contribution in [-0.2, 0) is 14.3 Å². The third-order valence-corrected chi connectivity index (χ3v) is 9.37. The molecule has 0 unspecified atom stereocenters. The fourth-order valence-corrected chi connectivity index (χ4v) is 7.60. The van der Waals surface area contributed by atoms with Gasteiger partial charge in [0.2, 0.25) is 5.90 Å². The van der Waals surface area contributed by atoms with Crippen LogP contribution in [0.15, 0.2) is 28.3 Å². The van der Waals surface area contributed by atoms with E-state index in [1.165, 1.54) is 37.5 Å². The minimum absolute atomic E-state index is 0.142. The van der Waals surface area contributed by atoms with E-state index in [0.717, 1.165) is 43.9 Å². The molecule has 3 saturated carbocycles. The molecular formula is C25H35NO4. The number of nitrogens with zero attached hydrogens (tertiary/aromatic N) is 1. The molecule has 3 fully saturated rings. The zero-order valence-corrected chi connectivity index (χ0v) is 18.5. The van der Waals surface area contributed by atoms with Gasteiger partial charge in [-0.15, -0.1) is 0 Å². The highest BCUT2D eigenvalue weighted by atomic mass is 16.5. The van der Waals surface area contributed by atoms with E-state index < -0.39 is 6.04 Å². The Labute approximate surface area is 179 Å². The highest BCUT2D eigenvalue weighted by molar-refractivity contribution is 5.93. The van der Waals surface area contributed by atoms with Crippen LogP contribution < -0.4 is 0 Å². The number of fused-ring (bicyclic) bond motifs is 5. The van der Waals surface area contributed by atoms with E-state index in [0.29, 0.717) is 11.8 Å². The highest BCUT2D eigenvalue weighted by Crippen LogP contribution is 2.66. The summed E-state index contributed by atoms with van der Waals surface area (Å²) >= 11 is 0. The summed E-state index contributed by atoms with van der Waals surface area (Å²) in [5.41, 5.74) is 3.46. The predicted octanol–water partition coefficient (Wildman–Crippen LogP) is 4.21. The fourth-order valence-electron chi connectivity index (χ4n) is 7.60. The normalized spacial score (nSPS) is 46.3. The summed E-state index contributed by atoms with van der Waals surface area (Å²) in [5.74, 6) is 2.44. The molecule has 7 atom stereocenters. The number of esters is 1. The van der Waals surface area contributed by atoms with Crippen LogP contribution in [0.5, 0.6) is 0 Å². The molecule has 30 heavy (non-hydrogen) atoms. The first-order valence-corrected chi connectivity index (χ1v) is 11.7. The molecule has 0 bridgehead atoms. The molecule has 4 aliphatic carbocycles. The zero-order valence-electron chi connectivity index (χ0n) is 18.5. The Kier molecular flexibility index (Phi) is 4.88. The molecule has 1 N–H and O–H groups in total. The van der Waals surface area contributed by atoms with Gasteiger partial charge < -0.3 is 14.6 Å². The molecule has 0 spiro atoms. The standard InChI is InChI=1S/C25H35NO4/c1-24-10-8-17(27)12-15(24)4-6-18-19-7-5-16(25(19,2)11-9-20(18)24)13-22-26-21(14-30-22)23(28)29-3/h4,13,17-21,27H,5-12,14H2,1-3H3/b16-13+/t17-,18-,19-,20-,21-,24-,25+/m0/s1. The van der Waals surface area contributed by atoms with Gasteiger partial charge in [-0.25, -0.2) is 9.79 Å². The third kappa shape index (κ3) is 2.99. The van der Waals surface area contributed by atoms with Crippen molar-refractivity contribution in [1.29, 1.82) is 0 Å². The van der Waals surface area contributed by atoms with Gasteiger partial charge in [0.25, 0.3) is 0 Å². The van der Waals surface area contributed by atoms with Crippen LogP contribution in [0, 0.1) is 28.6 Å². The summed E-state index contributed by atoms with van der Waals surface area (Å²) in [4.78, 5) is 16.2. The summed E-state index contributed by atoms with van der Waals surface area (Å²) in [7, 11) is 1.40. The van der Waals surface area contributed by atoms with E-state index >= 15 is 0 Å². The molecule has 0 radical (unpaired) electrons. The first-order chi connectivity index (χ1) is 14.3. The van der Waals surface area contributed by atoms with E-state index in [2.05, 4.69) is 31.0 Å². The molecule has 0 aromatic carbocycles. The number of carbonyl (C=O) groups is 1. The summed E-state index contributed by atoms with van der Waals surface area (Å²) in [6, 6.07) is -0.522. The quantitative estimate of drug-likeness (QED) is 0.544. The van der Waals surface area contributed by atoms with Gasteiger partial charge in [-0.2, -0.15) is 0 Å². The van der Waals surface area contributed by atoms with Crippen molar-refractivity contribution in [2.75, 3.05) is 13.7 Å². The third-order valence-electron chi connectivity index (χ3n) is 9.37. The number of methoxy groups -OCH3 is 1. The number of carbonyl (C=O) groups excluding carboxylic acids is 1. The van der Waals surface area contributed by atoms with Crippen molar-refractivity contribution >= 4 is 11.9 Å². The van der Waals surface area contributed by atoms with Gasteiger partial charge >= 0.3 is 5.97 Å². The summed E-state index contributed by atoms with van der Waals surface area (Å²) in [6.45, 7) is 5.21. The fraction of sp³-hybridized carbons (Fsp3) is 0.760. The Morgan fingerprint density at radius 2 is 2.00 bits per heavy atom. The Hall–Kier alpha value is -1.62. The van der Waals surface area contributed by atoms with Gasteiger partial charge in [0.1, 0.15) is 6.61 Å². The van der Waals surface area contributed by atoms with Crippen LogP contribution in [0.3, 0.4) is 0 Å². The van der Waals surface area contributed by atoms with Crippen molar-refractivity contribution in [1.82, 2.24) is 0 Å². The zero-order chi connectivity index (χ0) is 21.1. The van der Waals surface area contributed by atoms with E-state index in [9.17, 15) is 9.90 Å². The largest absolute Gasteiger partial charge is 0.475 e. The van der Waals surface area contributed by atoms with E-state index in [1.807, 2.05) is 0 Å². The first kappa shape index (κ1) is 20.3. The van der Waals surface area contributed by atoms with Crippen LogP contribution in [0.4, 0.5) is 0 Å². The Morgan fingerprint density at radius 3 is 2.80 bits per heavy atom. The van der Waals surface area contributed by atoms with Gasteiger partial charge in [0.15, 0.2) is 6.04 Å². The summed E-state index contributed by atoms with van der Waals surface area (Å²) < 4.78 is 10.5. The smallest absolute Gasteiger partial charge is 0.334 e. The maximum Gasteiger partial charge on any atom is 0.334 e. The minimum Gasteiger partial charge on any atom is -0.475 e. The Balaban J connectivity index is 1.39. The molecule has 0 aromatic rings. The lowest BCUT2D eigenvalue weighted by Crippen LogP contribution is -2.49. The van der Waals surface area contributed by atoms with Crippen molar-refractivity contribution < 1.29 is 19.4 Å². The average Bonchev–Trinajstić information content (AvgIpc) is 3.33. The molecule has 0 amide bonds. The van der Waals surface area contributed by atoms with Crippen LogP contribution in [0.1, 0.15) is 65.2 Å². The van der Waals surface area contributed by atoms with Gasteiger partial charge in [0.05, 0.1) is 13.2 Å². The van der Waals surface area contributed by atoms with Crippen molar-refractivity contribution in [3.8, 4) is 0 Å². The van der Waals surface area contributed by atoms with Crippen LogP contribution in [-0.4, -0.2) is 42.8 Å². The van der Waals surface area contributed by atoms with Crippen molar-refractivity contribution in [3.63, 3.8) is 0 Å². The van der Waals surface area contributed by atoms with Crippen molar-refractivity contribution in [2.24, 2.45) is 33.6 Å². The number of aliphatic imine (C=N–C) groups is 1. The van der Waals surface area contributed by atoms with Crippen LogP contribution in [0.2, 0.25) is 0 Å². The van der Waals surface area contributed by atoms with E-state index in [1.54, 1.807) is 0 Å². The number of aliphatic hydroxyl groups excluding tert-OH is 1. The molecule has 1 aliphatic heterocycles. The monoisotopic (exact) mass is 413 g/mol. The first-order valence-electron chi connectivity index (χ1n) is 11.7. The average molecular weight is 414 g/mol. The maximum absolute atomic E-state index is 11.8. The highest BCUT2D eigenvalue weighted by Gasteiger charge is 2.57. The summed E-state index contributed by atoms with van der Waals surface area (Å²) in [5, 5.41) is 10.2. The van der Waals surface area contributed by atoms with Crippen LogP contribution in [0.25, 0.3) is 0 Å². The number of hydrogen-bond donors (Lipinski definition) is 1. The van der Waals surface area contributed by atoms with Gasteiger partial charge in [-0.05, 0) is 86.0 Å². The molecule has 0 aromatic heterocycles. The van der Waals surface area contributed by atoms with Crippen molar-refractivity contribution in [3.05, 3.63) is 23.3 Å². The lowest BCUT2D eigenvalue weighted by molar-refractivity contribution is -0.142. The van der Waals surface area contributed by atoms with Gasteiger partial charge in [-0.1, -0.05) is 31.1 Å². The maximum atomic E-state index is 11.8. The van der Waals surface area contributed by atoms with Crippen LogP contribution >= 0.6 is 0 Å². The van der Waals surface area contributed by atoms with Crippen molar-refractivity contribution in [2.45, 2.75) is 77.4 Å². The minimum atomic E-state index is -0.522. The predicted molar refractivity (Wildman–Crippen MR) is 115 cm³/mol. The Bertz CT molecular complexity index is 829. The second-order valence-corrected chi connectivity index (χ2v) is 10.6. The lowest BCUT2D eigenvalue weighted by atomic mass is 9.48. The lowest BCUT2D eigenvalue weighted by Gasteiger charge is -2.57. The molecule has 5 aliphatic rings. The van der Waals surface area contributed by atoms with E-state index in [-0.39, 0.29) is 29.5 Å². The molecule has 164 valence electrons. The topological polar surface area (TPSA) is 68.1 Å².